The molecule has 174 valence electrons. The molecule has 32 heavy (non-hydrogen) atoms. The third-order valence-electron chi connectivity index (χ3n) is 5.84. The van der Waals surface area contributed by atoms with Crippen LogP contribution >= 0.6 is 0 Å². The maximum absolute atomic E-state index is 13.5. The molecule has 3 N–H and O–H groups in total. The van der Waals surface area contributed by atoms with E-state index in [9.17, 15) is 14.4 Å². The first-order chi connectivity index (χ1) is 15.2. The molecule has 2 heterocycles. The van der Waals surface area contributed by atoms with Crippen molar-refractivity contribution < 1.29 is 4.79 Å². The van der Waals surface area contributed by atoms with Crippen molar-refractivity contribution in [3.8, 4) is 0 Å². The monoisotopic (exact) mass is 441 g/mol. The first-order valence-corrected chi connectivity index (χ1v) is 11.5. The average Bonchev–Trinajstić information content (AvgIpc) is 2.73. The molecule has 2 aromatic rings. The van der Waals surface area contributed by atoms with Crippen LogP contribution in [0.1, 0.15) is 51.2 Å². The zero-order valence-electron chi connectivity index (χ0n) is 19.6. The number of benzene rings is 1. The standard InChI is InChI=1S/C24H35N5O3/c1-5-6-12-28(21-22(25)29(14-16(2)3)24(32)26-23(21)31)20(30)15-27-11-7-8-18-13-17(4)9-10-19(18)27/h9-10,13,16H,5-8,11-12,14-15,25H2,1-4H3,(H,26,31,32). The van der Waals surface area contributed by atoms with E-state index in [1.807, 2.05) is 20.8 Å². The molecule has 8 heteroatoms. The summed E-state index contributed by atoms with van der Waals surface area (Å²) in [6.45, 7) is 9.69. The van der Waals surface area contributed by atoms with Crippen molar-refractivity contribution in [2.24, 2.45) is 5.92 Å². The lowest BCUT2D eigenvalue weighted by Gasteiger charge is -2.33. The van der Waals surface area contributed by atoms with Crippen LogP contribution in [0.25, 0.3) is 0 Å². The fourth-order valence-electron chi connectivity index (χ4n) is 4.28. The molecule has 0 spiro atoms. The minimum Gasteiger partial charge on any atom is -0.383 e. The zero-order chi connectivity index (χ0) is 23.4. The van der Waals surface area contributed by atoms with E-state index in [1.54, 1.807) is 0 Å². The van der Waals surface area contributed by atoms with E-state index >= 15 is 0 Å². The predicted octanol–water partition coefficient (Wildman–Crippen LogP) is 2.67. The summed E-state index contributed by atoms with van der Waals surface area (Å²) in [5, 5.41) is 0. The highest BCUT2D eigenvalue weighted by Gasteiger charge is 2.27. The maximum Gasteiger partial charge on any atom is 0.330 e. The van der Waals surface area contributed by atoms with Gasteiger partial charge in [0.2, 0.25) is 5.91 Å². The number of nitrogens with two attached hydrogens (primary N) is 1. The van der Waals surface area contributed by atoms with Gasteiger partial charge in [0.15, 0.2) is 5.69 Å². The molecular weight excluding hydrogens is 406 g/mol. The Balaban J connectivity index is 1.97. The summed E-state index contributed by atoms with van der Waals surface area (Å²) in [6, 6.07) is 6.30. The van der Waals surface area contributed by atoms with E-state index in [1.165, 1.54) is 20.6 Å². The third-order valence-corrected chi connectivity index (χ3v) is 5.84. The Labute approximate surface area is 189 Å². The second-order valence-electron chi connectivity index (χ2n) is 9.05. The van der Waals surface area contributed by atoms with Crippen molar-refractivity contribution in [1.29, 1.82) is 0 Å². The molecule has 0 saturated heterocycles. The lowest BCUT2D eigenvalue weighted by atomic mass is 9.99. The van der Waals surface area contributed by atoms with E-state index in [0.717, 1.165) is 37.9 Å². The molecule has 0 radical (unpaired) electrons. The highest BCUT2D eigenvalue weighted by atomic mass is 16.2. The Morgan fingerprint density at radius 2 is 2.03 bits per heavy atom. The Bertz CT molecular complexity index is 1090. The number of hydrogen-bond donors (Lipinski definition) is 2. The number of aromatic nitrogens is 2. The molecular formula is C24H35N5O3. The number of unbranched alkanes of at least 4 members (excludes halogenated alkanes) is 1. The van der Waals surface area contributed by atoms with Gasteiger partial charge in [0, 0.05) is 25.3 Å². The number of fused-ring (bicyclic) bond motifs is 1. The number of nitrogen functional groups attached to an aromatic ring is 1. The van der Waals surface area contributed by atoms with Gasteiger partial charge < -0.3 is 15.5 Å². The van der Waals surface area contributed by atoms with Crippen molar-refractivity contribution in [1.82, 2.24) is 9.55 Å². The molecule has 3 rings (SSSR count). The van der Waals surface area contributed by atoms with Gasteiger partial charge in [0.05, 0.1) is 6.54 Å². The van der Waals surface area contributed by atoms with Crippen molar-refractivity contribution in [2.75, 3.05) is 35.2 Å². The molecule has 0 aliphatic carbocycles. The predicted molar refractivity (Wildman–Crippen MR) is 130 cm³/mol. The highest BCUT2D eigenvalue weighted by molar-refractivity contribution is 5.98. The first-order valence-electron chi connectivity index (χ1n) is 11.5. The van der Waals surface area contributed by atoms with Crippen molar-refractivity contribution >= 4 is 23.1 Å². The number of aromatic amines is 1. The van der Waals surface area contributed by atoms with Crippen LogP contribution in [0.2, 0.25) is 0 Å². The molecule has 1 aliphatic rings. The topological polar surface area (TPSA) is 104 Å². The second kappa shape index (κ2) is 10.1. The van der Waals surface area contributed by atoms with E-state index in [0.29, 0.717) is 13.1 Å². The molecule has 0 bridgehead atoms. The number of amides is 1. The van der Waals surface area contributed by atoms with E-state index in [-0.39, 0.29) is 29.9 Å². The van der Waals surface area contributed by atoms with Crippen LogP contribution in [0.4, 0.5) is 17.2 Å². The van der Waals surface area contributed by atoms with Crippen molar-refractivity contribution in [3.63, 3.8) is 0 Å². The highest BCUT2D eigenvalue weighted by Crippen LogP contribution is 2.28. The van der Waals surface area contributed by atoms with Crippen LogP contribution in [0, 0.1) is 12.8 Å². The SMILES string of the molecule is CCCCN(C(=O)CN1CCCc2cc(C)ccc21)c1c(N)n(CC(C)C)c(=O)[nH]c1=O. The van der Waals surface area contributed by atoms with E-state index in [4.69, 9.17) is 5.73 Å². The lowest BCUT2D eigenvalue weighted by Crippen LogP contribution is -2.46. The fourth-order valence-corrected chi connectivity index (χ4v) is 4.28. The Kier molecular flexibility index (Phi) is 7.43. The normalized spacial score (nSPS) is 13.3. The Morgan fingerprint density at radius 1 is 1.28 bits per heavy atom. The molecule has 0 saturated carbocycles. The average molecular weight is 442 g/mol. The largest absolute Gasteiger partial charge is 0.383 e. The molecule has 1 aromatic heterocycles. The van der Waals surface area contributed by atoms with Gasteiger partial charge >= 0.3 is 5.69 Å². The van der Waals surface area contributed by atoms with Gasteiger partial charge in [-0.1, -0.05) is 44.9 Å². The maximum atomic E-state index is 13.5. The summed E-state index contributed by atoms with van der Waals surface area (Å²) < 4.78 is 1.35. The van der Waals surface area contributed by atoms with Crippen LogP contribution in [0.5, 0.6) is 0 Å². The number of carbonyl (C=O) groups is 1. The number of H-pyrrole nitrogens is 1. The molecule has 0 fully saturated rings. The number of hydrogen-bond acceptors (Lipinski definition) is 5. The molecule has 1 amide bonds. The quantitative estimate of drug-likeness (QED) is 0.655. The number of aryl methyl sites for hydroxylation is 2. The van der Waals surface area contributed by atoms with Crippen LogP contribution < -0.4 is 26.8 Å². The summed E-state index contributed by atoms with van der Waals surface area (Å²) in [6.07, 6.45) is 3.55. The van der Waals surface area contributed by atoms with Crippen LogP contribution in [-0.4, -0.2) is 35.1 Å². The summed E-state index contributed by atoms with van der Waals surface area (Å²) in [4.78, 5) is 44.5. The van der Waals surface area contributed by atoms with Gasteiger partial charge in [-0.3, -0.25) is 19.1 Å². The van der Waals surface area contributed by atoms with Gasteiger partial charge in [-0.25, -0.2) is 4.79 Å². The second-order valence-corrected chi connectivity index (χ2v) is 9.05. The third kappa shape index (κ3) is 5.06. The van der Waals surface area contributed by atoms with E-state index in [2.05, 4.69) is 35.0 Å². The fraction of sp³-hybridized carbons (Fsp3) is 0.542. The van der Waals surface area contributed by atoms with Gasteiger partial charge in [0.1, 0.15) is 5.82 Å². The minimum atomic E-state index is -0.619. The summed E-state index contributed by atoms with van der Waals surface area (Å²) in [5.74, 6) is 0.00671. The summed E-state index contributed by atoms with van der Waals surface area (Å²) in [5.41, 5.74) is 8.72. The number of rotatable bonds is 8. The molecule has 1 aliphatic heterocycles. The van der Waals surface area contributed by atoms with Crippen molar-refractivity contribution in [2.45, 2.75) is 59.9 Å². The summed E-state index contributed by atoms with van der Waals surface area (Å²) >= 11 is 0. The number of nitrogens with zero attached hydrogens (tertiary/aromatic N) is 3. The van der Waals surface area contributed by atoms with Gasteiger partial charge in [-0.15, -0.1) is 0 Å². The Morgan fingerprint density at radius 3 is 2.72 bits per heavy atom. The zero-order valence-corrected chi connectivity index (χ0v) is 19.6. The van der Waals surface area contributed by atoms with Gasteiger partial charge in [0.25, 0.3) is 5.56 Å². The number of anilines is 3. The summed E-state index contributed by atoms with van der Waals surface area (Å²) in [7, 11) is 0. The molecule has 0 unspecified atom stereocenters. The minimum absolute atomic E-state index is 0.0478. The first kappa shape index (κ1) is 23.6. The number of carbonyl (C=O) groups excluding carboxylic acids is 1. The molecule has 0 atom stereocenters. The van der Waals surface area contributed by atoms with Crippen LogP contribution in [0.3, 0.4) is 0 Å². The van der Waals surface area contributed by atoms with Crippen molar-refractivity contribution in [3.05, 3.63) is 50.2 Å². The van der Waals surface area contributed by atoms with Gasteiger partial charge in [-0.2, -0.15) is 0 Å². The van der Waals surface area contributed by atoms with Gasteiger partial charge in [-0.05, 0) is 43.7 Å². The molecule has 1 aromatic carbocycles. The van der Waals surface area contributed by atoms with Crippen LogP contribution in [0.15, 0.2) is 27.8 Å². The smallest absolute Gasteiger partial charge is 0.330 e. The van der Waals surface area contributed by atoms with Crippen LogP contribution in [-0.2, 0) is 17.8 Å². The van der Waals surface area contributed by atoms with E-state index < -0.39 is 11.2 Å². The molecule has 8 nitrogen and oxygen atoms in total. The lowest BCUT2D eigenvalue weighted by molar-refractivity contribution is -0.117. The number of nitrogens with one attached hydrogen (secondary N) is 1. The Hall–Kier alpha value is -3.03.